The molecular weight excluding hydrogens is 1380 g/mol. The van der Waals surface area contributed by atoms with E-state index in [0.29, 0.717) is 0 Å². The lowest BCUT2D eigenvalue weighted by atomic mass is 9.96. The van der Waals surface area contributed by atoms with Crippen molar-refractivity contribution in [3.8, 4) is 77.9 Å². The van der Waals surface area contributed by atoms with Crippen molar-refractivity contribution < 1.29 is 8.83 Å². The van der Waals surface area contributed by atoms with E-state index in [9.17, 15) is 0 Å². The minimum absolute atomic E-state index is 0.907. The van der Waals surface area contributed by atoms with Crippen molar-refractivity contribution in [2.45, 2.75) is 0 Å². The van der Waals surface area contributed by atoms with E-state index in [1.165, 1.54) is 109 Å². The van der Waals surface area contributed by atoms with Crippen molar-refractivity contribution in [1.82, 2.24) is 0 Å². The normalized spacial score (nSPS) is 11.5. The number of hydrogen-bond donors (Lipinski definition) is 0. The lowest BCUT2D eigenvalue weighted by Crippen LogP contribution is -2.09. The highest BCUT2D eigenvalue weighted by Gasteiger charge is 2.20. The van der Waals surface area contributed by atoms with Gasteiger partial charge in [-0.1, -0.05) is 334 Å². The minimum atomic E-state index is 0.907. The standard InChI is InChI=1S/C56H37NO.C54H35NO/c1-2-9-38(10-3-1)40-23-30-47(31-24-40)57(49-34-27-44(28-35-49)52-14-8-15-54-53-13-6-7-16-55(53)58-56(52)54)48-32-25-41(26-33-48)39-17-19-42(20-18-39)45-29-36-51-46(37-45)22-21-43-11-4-5-12-50(43)51;1-2-9-36(10-3-1)37-21-27-45(28-22-37)55(46-29-23-39(24-30-46)50-14-8-15-52-51-13-6-7-16-53(51)56-54(50)52)47-31-25-41-33-40(18-19-43(41)35-47)42-26-32-49-44(34-42)20-17-38-11-4-5-12-48(38)49/h1-37H;1-35H. The lowest BCUT2D eigenvalue weighted by Gasteiger charge is -2.26. The summed E-state index contributed by atoms with van der Waals surface area (Å²) < 4.78 is 12.8. The van der Waals surface area contributed by atoms with Gasteiger partial charge in [-0.05, 0) is 224 Å². The first kappa shape index (κ1) is 67.0. The van der Waals surface area contributed by atoms with Crippen LogP contribution in [0.4, 0.5) is 34.1 Å². The smallest absolute Gasteiger partial charge is 0.143 e. The zero-order valence-corrected chi connectivity index (χ0v) is 62.3. The largest absolute Gasteiger partial charge is 0.455 e. The summed E-state index contributed by atoms with van der Waals surface area (Å²) in [5, 5.41) is 17.2. The maximum atomic E-state index is 6.40. The van der Waals surface area contributed by atoms with Gasteiger partial charge in [-0.15, -0.1) is 0 Å². The summed E-state index contributed by atoms with van der Waals surface area (Å²) >= 11 is 0. The highest BCUT2D eigenvalue weighted by Crippen LogP contribution is 2.45. The highest BCUT2D eigenvalue weighted by atomic mass is 16.3. The lowest BCUT2D eigenvalue weighted by molar-refractivity contribution is 0.669. The van der Waals surface area contributed by atoms with Crippen LogP contribution in [-0.4, -0.2) is 0 Å². The Morgan fingerprint density at radius 2 is 0.404 bits per heavy atom. The fraction of sp³-hybridized carbons (Fsp3) is 0. The zero-order chi connectivity index (χ0) is 75.4. The first-order chi connectivity index (χ1) is 56.5. The summed E-state index contributed by atoms with van der Waals surface area (Å²) in [5.41, 5.74) is 26.6. The molecule has 0 bridgehead atoms. The fourth-order valence-electron chi connectivity index (χ4n) is 16.9. The molecule has 0 saturated heterocycles. The second-order valence-electron chi connectivity index (χ2n) is 29.5. The van der Waals surface area contributed by atoms with Crippen LogP contribution in [0.3, 0.4) is 0 Å². The topological polar surface area (TPSA) is 32.8 Å². The molecule has 114 heavy (non-hydrogen) atoms. The number of hydrogen-bond acceptors (Lipinski definition) is 4. The van der Waals surface area contributed by atoms with Crippen LogP contribution in [0.1, 0.15) is 0 Å². The van der Waals surface area contributed by atoms with Gasteiger partial charge in [0.1, 0.15) is 22.3 Å². The second kappa shape index (κ2) is 28.7. The van der Waals surface area contributed by atoms with Gasteiger partial charge < -0.3 is 18.6 Å². The van der Waals surface area contributed by atoms with Crippen molar-refractivity contribution in [3.63, 3.8) is 0 Å². The molecule has 2 aromatic heterocycles. The Morgan fingerprint density at radius 3 is 0.842 bits per heavy atom. The third-order valence-electron chi connectivity index (χ3n) is 22.7. The Bertz CT molecular complexity index is 7350. The van der Waals surface area contributed by atoms with E-state index >= 15 is 0 Å². The number of anilines is 6. The number of para-hydroxylation sites is 4. The van der Waals surface area contributed by atoms with Crippen molar-refractivity contribution >= 4 is 132 Å². The van der Waals surface area contributed by atoms with Gasteiger partial charge >= 0.3 is 0 Å². The van der Waals surface area contributed by atoms with Gasteiger partial charge in [-0.25, -0.2) is 0 Å². The molecule has 0 unspecified atom stereocenters. The number of fused-ring (bicyclic) bond motifs is 13. The zero-order valence-electron chi connectivity index (χ0n) is 62.3. The molecule has 0 radical (unpaired) electrons. The van der Waals surface area contributed by atoms with Crippen LogP contribution in [0.2, 0.25) is 0 Å². The predicted molar refractivity (Wildman–Crippen MR) is 482 cm³/mol. The van der Waals surface area contributed by atoms with Gasteiger partial charge in [0, 0.05) is 66.8 Å². The van der Waals surface area contributed by atoms with Crippen molar-refractivity contribution in [2.24, 2.45) is 0 Å². The Morgan fingerprint density at radius 1 is 0.140 bits per heavy atom. The maximum absolute atomic E-state index is 6.40. The molecule has 534 valence electrons. The molecule has 2 heterocycles. The summed E-state index contributed by atoms with van der Waals surface area (Å²) in [6, 6.07) is 157. The van der Waals surface area contributed by atoms with Gasteiger partial charge in [-0.3, -0.25) is 0 Å². The molecule has 0 amide bonds. The number of benzene rings is 20. The average molecular weight is 1450 g/mol. The summed E-state index contributed by atoms with van der Waals surface area (Å²) in [5.74, 6) is 0. The molecule has 0 atom stereocenters. The second-order valence-corrected chi connectivity index (χ2v) is 29.5. The maximum Gasteiger partial charge on any atom is 0.143 e. The Hall–Kier alpha value is -15.1. The van der Waals surface area contributed by atoms with E-state index in [0.717, 1.165) is 100 Å². The van der Waals surface area contributed by atoms with Crippen LogP contribution in [0, 0.1) is 0 Å². The first-order valence-electron chi connectivity index (χ1n) is 39.0. The van der Waals surface area contributed by atoms with Crippen LogP contribution < -0.4 is 9.80 Å². The number of nitrogens with zero attached hydrogens (tertiary/aromatic N) is 2. The van der Waals surface area contributed by atoms with Crippen LogP contribution in [0.15, 0.2) is 446 Å². The molecule has 0 spiro atoms. The summed E-state index contributed by atoms with van der Waals surface area (Å²) in [7, 11) is 0. The minimum Gasteiger partial charge on any atom is -0.455 e. The quantitative estimate of drug-likeness (QED) is 0.108. The number of furan rings is 2. The third-order valence-corrected chi connectivity index (χ3v) is 22.7. The predicted octanol–water partition coefficient (Wildman–Crippen LogP) is 31.5. The number of rotatable bonds is 13. The van der Waals surface area contributed by atoms with Gasteiger partial charge in [0.15, 0.2) is 0 Å². The molecule has 22 rings (SSSR count). The van der Waals surface area contributed by atoms with Crippen molar-refractivity contribution in [1.29, 1.82) is 0 Å². The first-order valence-corrected chi connectivity index (χ1v) is 39.0. The molecule has 22 aromatic rings. The van der Waals surface area contributed by atoms with Crippen LogP contribution >= 0.6 is 0 Å². The summed E-state index contributed by atoms with van der Waals surface area (Å²) in [6.45, 7) is 0. The monoisotopic (exact) mass is 1450 g/mol. The SMILES string of the molecule is c1ccc(-c2ccc(N(c3ccc(-c4ccc(-c5ccc6c(ccc7ccccc76)c5)cc4)cc3)c3ccc(-c4cccc5c4oc4ccccc45)cc3)cc2)cc1.c1ccc(-c2ccc(N(c3ccc(-c4cccc5c4oc4ccccc45)cc3)c3ccc4cc(-c5ccc6c(ccc7ccccc76)c5)ccc4c3)cc2)cc1. The highest BCUT2D eigenvalue weighted by molar-refractivity contribution is 6.13. The van der Waals surface area contributed by atoms with E-state index in [-0.39, 0.29) is 0 Å². The molecule has 0 N–H and O–H groups in total. The van der Waals surface area contributed by atoms with Crippen LogP contribution in [0.25, 0.3) is 176 Å². The van der Waals surface area contributed by atoms with E-state index in [4.69, 9.17) is 8.83 Å². The molecule has 20 aromatic carbocycles. The van der Waals surface area contributed by atoms with E-state index < -0.39 is 0 Å². The molecule has 0 aliphatic carbocycles. The van der Waals surface area contributed by atoms with Crippen LogP contribution in [0.5, 0.6) is 0 Å². The van der Waals surface area contributed by atoms with Gasteiger partial charge in [-0.2, -0.15) is 0 Å². The molecule has 0 aliphatic rings. The van der Waals surface area contributed by atoms with Crippen molar-refractivity contribution in [3.05, 3.63) is 437 Å². The summed E-state index contributed by atoms with van der Waals surface area (Å²) in [4.78, 5) is 4.68. The van der Waals surface area contributed by atoms with E-state index in [2.05, 4.69) is 422 Å². The average Bonchev–Trinajstić information content (AvgIpc) is 1.72. The van der Waals surface area contributed by atoms with E-state index in [1.807, 2.05) is 24.3 Å². The fourth-order valence-corrected chi connectivity index (χ4v) is 16.9. The summed E-state index contributed by atoms with van der Waals surface area (Å²) in [6.07, 6.45) is 0. The Balaban J connectivity index is 0.000000143. The Labute approximate surface area is 660 Å². The molecule has 0 aliphatic heterocycles. The van der Waals surface area contributed by atoms with E-state index in [1.54, 1.807) is 0 Å². The molecule has 0 saturated carbocycles. The molecule has 4 nitrogen and oxygen atoms in total. The van der Waals surface area contributed by atoms with Gasteiger partial charge in [0.2, 0.25) is 0 Å². The van der Waals surface area contributed by atoms with Gasteiger partial charge in [0.05, 0.1) is 0 Å². The van der Waals surface area contributed by atoms with Gasteiger partial charge in [0.25, 0.3) is 0 Å². The molecular formula is C110H72N2O2. The molecule has 4 heteroatoms. The molecule has 0 fully saturated rings. The third kappa shape index (κ3) is 12.5. The van der Waals surface area contributed by atoms with Crippen molar-refractivity contribution in [2.75, 3.05) is 9.80 Å². The van der Waals surface area contributed by atoms with Crippen LogP contribution in [-0.2, 0) is 0 Å². The Kier molecular flexibility index (Phi) is 16.9.